The van der Waals surface area contributed by atoms with Gasteiger partial charge in [-0.3, -0.25) is 14.4 Å². The van der Waals surface area contributed by atoms with Gasteiger partial charge in [0.2, 0.25) is 0 Å². The average Bonchev–Trinajstić information content (AvgIpc) is 3.01. The molecule has 1 aromatic heterocycles. The van der Waals surface area contributed by atoms with Gasteiger partial charge in [0.1, 0.15) is 11.7 Å². The van der Waals surface area contributed by atoms with Crippen molar-refractivity contribution in [3.8, 4) is 16.2 Å². The number of carbonyl (C=O) groups is 3. The van der Waals surface area contributed by atoms with Crippen LogP contribution in [0.3, 0.4) is 0 Å². The maximum absolute atomic E-state index is 14.4. The van der Waals surface area contributed by atoms with E-state index in [2.05, 4.69) is 13.2 Å². The SMILES string of the molecule is C=C1C(=O)C(=C)C(=O)C(c2cc(-c3cc(F)c(OC)cc3F)sc2C)C1=O. The summed E-state index contributed by atoms with van der Waals surface area (Å²) in [6.07, 6.45) is 0. The number of aryl methyl sites for hydroxylation is 1. The van der Waals surface area contributed by atoms with E-state index in [0.29, 0.717) is 15.3 Å². The lowest BCUT2D eigenvalue weighted by Crippen LogP contribution is -2.35. The van der Waals surface area contributed by atoms with Crippen LogP contribution in [0.25, 0.3) is 10.4 Å². The standard InChI is InChI=1S/C20H14F2O4S/c1-8-18(23)9(2)20(25)17(19(8)24)11-6-16(27-10(11)3)12-5-14(22)15(26-4)7-13(12)21/h5-7,17H,1-2H2,3-4H3. The molecule has 1 fully saturated rings. The monoisotopic (exact) mass is 388 g/mol. The molecule has 0 saturated heterocycles. The van der Waals surface area contributed by atoms with Gasteiger partial charge in [0.15, 0.2) is 28.9 Å². The van der Waals surface area contributed by atoms with E-state index < -0.39 is 34.9 Å². The van der Waals surface area contributed by atoms with Crippen molar-refractivity contribution in [3.63, 3.8) is 0 Å². The molecule has 0 N–H and O–H groups in total. The highest BCUT2D eigenvalue weighted by Crippen LogP contribution is 2.40. The molecule has 1 aliphatic carbocycles. The van der Waals surface area contributed by atoms with Crippen molar-refractivity contribution in [1.29, 1.82) is 0 Å². The van der Waals surface area contributed by atoms with Crippen molar-refractivity contribution >= 4 is 28.7 Å². The van der Waals surface area contributed by atoms with Gasteiger partial charge in [-0.05, 0) is 24.6 Å². The van der Waals surface area contributed by atoms with Crippen molar-refractivity contribution in [2.24, 2.45) is 0 Å². The van der Waals surface area contributed by atoms with Crippen LogP contribution >= 0.6 is 11.3 Å². The molecular weight excluding hydrogens is 374 g/mol. The van der Waals surface area contributed by atoms with Gasteiger partial charge in [-0.2, -0.15) is 0 Å². The van der Waals surface area contributed by atoms with E-state index >= 15 is 0 Å². The third-order valence-electron chi connectivity index (χ3n) is 4.44. The number of halogens is 2. The molecule has 1 saturated carbocycles. The van der Waals surface area contributed by atoms with Crippen molar-refractivity contribution in [2.75, 3.05) is 7.11 Å². The molecule has 0 amide bonds. The van der Waals surface area contributed by atoms with Gasteiger partial charge in [0, 0.05) is 21.4 Å². The number of ketones is 3. The molecule has 0 aliphatic heterocycles. The topological polar surface area (TPSA) is 60.4 Å². The number of hydrogen-bond donors (Lipinski definition) is 0. The summed E-state index contributed by atoms with van der Waals surface area (Å²) < 4.78 is 33.1. The van der Waals surface area contributed by atoms with Gasteiger partial charge < -0.3 is 4.74 Å². The number of hydrogen-bond acceptors (Lipinski definition) is 5. The van der Waals surface area contributed by atoms with E-state index in [-0.39, 0.29) is 22.5 Å². The van der Waals surface area contributed by atoms with Gasteiger partial charge in [0.05, 0.1) is 18.3 Å². The van der Waals surface area contributed by atoms with Gasteiger partial charge in [-0.25, -0.2) is 8.78 Å². The molecule has 7 heteroatoms. The molecule has 0 atom stereocenters. The van der Waals surface area contributed by atoms with E-state index in [1.807, 2.05) is 0 Å². The number of rotatable bonds is 3. The number of carbonyl (C=O) groups excluding carboxylic acids is 3. The smallest absolute Gasteiger partial charge is 0.199 e. The molecule has 3 rings (SSSR count). The molecule has 1 aliphatic rings. The highest BCUT2D eigenvalue weighted by atomic mass is 32.1. The molecule has 4 nitrogen and oxygen atoms in total. The highest BCUT2D eigenvalue weighted by molar-refractivity contribution is 7.15. The summed E-state index contributed by atoms with van der Waals surface area (Å²) >= 11 is 1.11. The minimum Gasteiger partial charge on any atom is -0.494 e. The fourth-order valence-corrected chi connectivity index (χ4v) is 4.02. The van der Waals surface area contributed by atoms with Crippen molar-refractivity contribution in [3.05, 3.63) is 64.6 Å². The number of ether oxygens (including phenoxy) is 1. The summed E-state index contributed by atoms with van der Waals surface area (Å²) in [5, 5.41) is 0. The molecule has 0 radical (unpaired) electrons. The summed E-state index contributed by atoms with van der Waals surface area (Å²) in [6.45, 7) is 8.54. The quantitative estimate of drug-likeness (QED) is 0.454. The zero-order chi connectivity index (χ0) is 20.0. The first-order valence-electron chi connectivity index (χ1n) is 7.82. The molecule has 138 valence electrons. The van der Waals surface area contributed by atoms with Crippen LogP contribution < -0.4 is 4.74 Å². The Morgan fingerprint density at radius 1 is 1.00 bits per heavy atom. The van der Waals surface area contributed by atoms with E-state index in [1.54, 1.807) is 6.92 Å². The van der Waals surface area contributed by atoms with Crippen LogP contribution in [-0.4, -0.2) is 24.5 Å². The number of thiophene rings is 1. The number of allylic oxidation sites excluding steroid dienone is 2. The summed E-state index contributed by atoms with van der Waals surface area (Å²) in [5.41, 5.74) is -0.302. The zero-order valence-corrected chi connectivity index (χ0v) is 15.3. The fourth-order valence-electron chi connectivity index (χ4n) is 2.95. The lowest BCUT2D eigenvalue weighted by atomic mass is 9.76. The first-order valence-corrected chi connectivity index (χ1v) is 8.63. The average molecular weight is 388 g/mol. The van der Waals surface area contributed by atoms with Gasteiger partial charge in [-0.1, -0.05) is 13.2 Å². The minimum atomic E-state index is -1.25. The second kappa shape index (κ2) is 6.66. The highest BCUT2D eigenvalue weighted by Gasteiger charge is 2.42. The number of Topliss-reactive ketones (excluding diaryl/α,β-unsaturated/α-hetero) is 3. The minimum absolute atomic E-state index is 0.0166. The largest absolute Gasteiger partial charge is 0.494 e. The van der Waals surface area contributed by atoms with Crippen LogP contribution in [0.1, 0.15) is 16.4 Å². The first-order chi connectivity index (χ1) is 12.7. The Kier molecular flexibility index (Phi) is 4.65. The van der Waals surface area contributed by atoms with Gasteiger partial charge in [0.25, 0.3) is 0 Å². The van der Waals surface area contributed by atoms with Gasteiger partial charge in [-0.15, -0.1) is 11.3 Å². The van der Waals surface area contributed by atoms with E-state index in [9.17, 15) is 23.2 Å². The van der Waals surface area contributed by atoms with Crippen molar-refractivity contribution in [1.82, 2.24) is 0 Å². The van der Waals surface area contributed by atoms with Crippen molar-refractivity contribution < 1.29 is 27.9 Å². The third kappa shape index (κ3) is 2.94. The Morgan fingerprint density at radius 2 is 1.59 bits per heavy atom. The Morgan fingerprint density at radius 3 is 2.15 bits per heavy atom. The summed E-state index contributed by atoms with van der Waals surface area (Å²) in [6, 6.07) is 3.38. The van der Waals surface area contributed by atoms with Crippen LogP contribution in [0.2, 0.25) is 0 Å². The predicted octanol–water partition coefficient (Wildman–Crippen LogP) is 3.93. The second-order valence-corrected chi connectivity index (χ2v) is 7.29. The van der Waals surface area contributed by atoms with Crippen molar-refractivity contribution in [2.45, 2.75) is 12.8 Å². The van der Waals surface area contributed by atoms with Crippen LogP contribution in [-0.2, 0) is 14.4 Å². The Labute approximate surface area is 157 Å². The van der Waals surface area contributed by atoms with Crippen LogP contribution in [0.4, 0.5) is 8.78 Å². The van der Waals surface area contributed by atoms with Crippen LogP contribution in [0.15, 0.2) is 42.5 Å². The summed E-state index contributed by atoms with van der Waals surface area (Å²) in [7, 11) is 1.23. The molecule has 1 aromatic carbocycles. The Bertz CT molecular complexity index is 1020. The molecule has 27 heavy (non-hydrogen) atoms. The zero-order valence-electron chi connectivity index (χ0n) is 14.5. The molecule has 2 aromatic rings. The molecular formula is C20H14F2O4S. The molecule has 0 bridgehead atoms. The molecule has 0 spiro atoms. The molecule has 0 unspecified atom stereocenters. The fraction of sp³-hybridized carbons (Fsp3) is 0.150. The predicted molar refractivity (Wildman–Crippen MR) is 97.0 cm³/mol. The van der Waals surface area contributed by atoms with Crippen LogP contribution in [0.5, 0.6) is 5.75 Å². The van der Waals surface area contributed by atoms with E-state index in [0.717, 1.165) is 23.5 Å². The lowest BCUT2D eigenvalue weighted by Gasteiger charge is -2.21. The maximum atomic E-state index is 14.4. The van der Waals surface area contributed by atoms with E-state index in [1.165, 1.54) is 13.2 Å². The Hall–Kier alpha value is -2.93. The summed E-state index contributed by atoms with van der Waals surface area (Å²) in [5.74, 6) is -5.09. The second-order valence-electron chi connectivity index (χ2n) is 6.04. The lowest BCUT2D eigenvalue weighted by molar-refractivity contribution is -0.130. The number of benzene rings is 1. The maximum Gasteiger partial charge on any atom is 0.199 e. The normalized spacial score (nSPS) is 15.6. The van der Waals surface area contributed by atoms with Crippen LogP contribution in [0, 0.1) is 18.6 Å². The number of methoxy groups -OCH3 is 1. The third-order valence-corrected chi connectivity index (χ3v) is 5.54. The van der Waals surface area contributed by atoms with E-state index in [4.69, 9.17) is 4.74 Å². The summed E-state index contributed by atoms with van der Waals surface area (Å²) in [4.78, 5) is 37.7. The molecule has 1 heterocycles. The first kappa shape index (κ1) is 18.8. The van der Waals surface area contributed by atoms with Gasteiger partial charge >= 0.3 is 0 Å². The Balaban J connectivity index is 2.10.